The van der Waals surface area contributed by atoms with Gasteiger partial charge in [0.15, 0.2) is 0 Å². The Morgan fingerprint density at radius 2 is 2.12 bits per heavy atom. The van der Waals surface area contributed by atoms with Gasteiger partial charge in [-0.1, -0.05) is 29.8 Å². The van der Waals surface area contributed by atoms with Crippen molar-refractivity contribution in [2.45, 2.75) is 45.3 Å². The number of anilines is 1. The van der Waals surface area contributed by atoms with Gasteiger partial charge in [0.1, 0.15) is 6.61 Å². The summed E-state index contributed by atoms with van der Waals surface area (Å²) in [5.41, 5.74) is 1.19. The second kappa shape index (κ2) is 8.80. The molecule has 0 fully saturated rings. The number of benzene rings is 1. The number of carbonyl (C=O) groups is 1. The summed E-state index contributed by atoms with van der Waals surface area (Å²) in [5, 5.41) is 7.16. The van der Waals surface area contributed by atoms with Crippen LogP contribution in [-0.4, -0.2) is 21.8 Å². The molecule has 1 amide bonds. The summed E-state index contributed by atoms with van der Waals surface area (Å²) >= 11 is 5.99. The van der Waals surface area contributed by atoms with Gasteiger partial charge in [0.25, 0.3) is 0 Å². The van der Waals surface area contributed by atoms with Crippen LogP contribution in [0.5, 0.6) is 0 Å². The molecule has 0 saturated heterocycles. The fraction of sp³-hybridized carbons (Fsp3) is 0.412. The second-order valence-corrected chi connectivity index (χ2v) is 6.22. The van der Waals surface area contributed by atoms with E-state index in [0.29, 0.717) is 35.7 Å². The summed E-state index contributed by atoms with van der Waals surface area (Å²) in [6.07, 6.45) is 3.33. The summed E-state index contributed by atoms with van der Waals surface area (Å²) in [5.74, 6) is -2.64. The van der Waals surface area contributed by atoms with Crippen molar-refractivity contribution >= 4 is 23.4 Å². The topological polar surface area (TPSA) is 56.2 Å². The number of aromatic nitrogens is 2. The van der Waals surface area contributed by atoms with Gasteiger partial charge in [-0.25, -0.2) is 13.6 Å². The quantitative estimate of drug-likeness (QED) is 0.656. The van der Waals surface area contributed by atoms with Gasteiger partial charge in [0, 0.05) is 29.7 Å². The van der Waals surface area contributed by atoms with Gasteiger partial charge >= 0.3 is 6.09 Å². The first-order valence-corrected chi connectivity index (χ1v) is 8.29. The lowest BCUT2D eigenvalue weighted by atomic mass is 10.1. The minimum absolute atomic E-state index is 0.0604. The van der Waals surface area contributed by atoms with Crippen LogP contribution in [0.4, 0.5) is 19.3 Å². The van der Waals surface area contributed by atoms with Crippen LogP contribution < -0.4 is 5.32 Å². The number of hydrogen-bond donors (Lipinski definition) is 1. The smallest absolute Gasteiger partial charge is 0.412 e. The first-order chi connectivity index (χ1) is 11.8. The first kappa shape index (κ1) is 19.2. The van der Waals surface area contributed by atoms with Crippen molar-refractivity contribution in [1.82, 2.24) is 9.78 Å². The Morgan fingerprint density at radius 1 is 1.36 bits per heavy atom. The van der Waals surface area contributed by atoms with Gasteiger partial charge in [-0.3, -0.25) is 10.00 Å². The van der Waals surface area contributed by atoms with Crippen molar-refractivity contribution in [2.24, 2.45) is 0 Å². The average Bonchev–Trinajstić information content (AvgIpc) is 2.97. The number of halogens is 3. The van der Waals surface area contributed by atoms with E-state index in [4.69, 9.17) is 16.3 Å². The number of hydrogen-bond acceptors (Lipinski definition) is 3. The molecule has 1 heterocycles. The Bertz CT molecular complexity index is 701. The molecule has 2 rings (SSSR count). The molecule has 0 radical (unpaired) electrons. The van der Waals surface area contributed by atoms with Crippen molar-refractivity contribution < 1.29 is 18.3 Å². The molecule has 0 aliphatic carbocycles. The zero-order valence-corrected chi connectivity index (χ0v) is 14.6. The van der Waals surface area contributed by atoms with Gasteiger partial charge in [-0.2, -0.15) is 5.10 Å². The van der Waals surface area contributed by atoms with E-state index in [-0.39, 0.29) is 13.0 Å². The fourth-order valence-electron chi connectivity index (χ4n) is 2.17. The zero-order chi connectivity index (χ0) is 18.3. The van der Waals surface area contributed by atoms with Gasteiger partial charge in [0.05, 0.1) is 11.9 Å². The van der Waals surface area contributed by atoms with E-state index in [9.17, 15) is 13.6 Å². The molecular formula is C17H20ClF2N3O2. The first-order valence-electron chi connectivity index (χ1n) is 7.91. The van der Waals surface area contributed by atoms with Gasteiger partial charge in [-0.15, -0.1) is 0 Å². The number of amides is 1. The SMILES string of the molecule is CC(F)(F)CCCCn1cc(NC(=O)OCc2ccccc2Cl)cn1. The van der Waals surface area contributed by atoms with Crippen molar-refractivity contribution in [1.29, 1.82) is 0 Å². The lowest BCUT2D eigenvalue weighted by Gasteiger charge is -2.09. The van der Waals surface area contributed by atoms with E-state index in [2.05, 4.69) is 10.4 Å². The van der Waals surface area contributed by atoms with Crippen LogP contribution in [0.25, 0.3) is 0 Å². The van der Waals surface area contributed by atoms with E-state index in [1.54, 1.807) is 35.1 Å². The van der Waals surface area contributed by atoms with E-state index < -0.39 is 12.0 Å². The summed E-state index contributed by atoms with van der Waals surface area (Å²) < 4.78 is 32.1. The Balaban J connectivity index is 1.73. The lowest BCUT2D eigenvalue weighted by molar-refractivity contribution is 0.0102. The van der Waals surface area contributed by atoms with Gasteiger partial charge in [-0.05, 0) is 25.8 Å². The van der Waals surface area contributed by atoms with Crippen molar-refractivity contribution in [3.8, 4) is 0 Å². The normalized spacial score (nSPS) is 11.4. The highest BCUT2D eigenvalue weighted by molar-refractivity contribution is 6.31. The highest BCUT2D eigenvalue weighted by Gasteiger charge is 2.19. The molecule has 1 aromatic heterocycles. The Kier molecular flexibility index (Phi) is 6.75. The third-order valence-electron chi connectivity index (χ3n) is 3.45. The number of aryl methyl sites for hydroxylation is 1. The maximum Gasteiger partial charge on any atom is 0.412 e. The second-order valence-electron chi connectivity index (χ2n) is 5.81. The van der Waals surface area contributed by atoms with E-state index in [1.165, 1.54) is 6.20 Å². The van der Waals surface area contributed by atoms with Crippen LogP contribution in [0.3, 0.4) is 0 Å². The molecule has 0 bridgehead atoms. The summed E-state index contributed by atoms with van der Waals surface area (Å²) in [7, 11) is 0. The number of alkyl halides is 2. The molecular weight excluding hydrogens is 352 g/mol. The van der Waals surface area contributed by atoms with Gasteiger partial charge in [0.2, 0.25) is 5.92 Å². The highest BCUT2D eigenvalue weighted by Crippen LogP contribution is 2.20. The zero-order valence-electron chi connectivity index (χ0n) is 13.8. The fourth-order valence-corrected chi connectivity index (χ4v) is 2.36. The van der Waals surface area contributed by atoms with Crippen molar-refractivity contribution in [3.05, 3.63) is 47.2 Å². The molecule has 0 unspecified atom stereocenters. The number of carbonyl (C=O) groups excluding carboxylic acids is 1. The minimum atomic E-state index is -2.64. The van der Waals surface area contributed by atoms with Crippen LogP contribution in [0.1, 0.15) is 31.7 Å². The van der Waals surface area contributed by atoms with E-state index >= 15 is 0 Å². The van der Waals surface area contributed by atoms with Crippen molar-refractivity contribution in [2.75, 3.05) is 5.32 Å². The number of nitrogens with one attached hydrogen (secondary N) is 1. The van der Waals surface area contributed by atoms with Crippen LogP contribution in [0.15, 0.2) is 36.7 Å². The molecule has 0 aliphatic rings. The molecule has 0 aliphatic heterocycles. The monoisotopic (exact) mass is 371 g/mol. The molecule has 5 nitrogen and oxygen atoms in total. The molecule has 2 aromatic rings. The Hall–Kier alpha value is -2.15. The lowest BCUT2D eigenvalue weighted by Crippen LogP contribution is -2.13. The molecule has 8 heteroatoms. The Labute approximate surface area is 149 Å². The largest absolute Gasteiger partial charge is 0.444 e. The Morgan fingerprint density at radius 3 is 2.84 bits per heavy atom. The standard InChI is InChI=1S/C17H20ClF2N3O2/c1-17(19,20)8-4-5-9-23-11-14(10-21-23)22-16(24)25-12-13-6-2-3-7-15(13)18/h2-3,6-7,10-11H,4-5,8-9,12H2,1H3,(H,22,24). The third kappa shape index (κ3) is 7.09. The molecule has 0 saturated carbocycles. The molecule has 1 N–H and O–H groups in total. The predicted octanol–water partition coefficient (Wildman–Crippen LogP) is 5.11. The van der Waals surface area contributed by atoms with Crippen LogP contribution in [0, 0.1) is 0 Å². The molecule has 1 aromatic carbocycles. The highest BCUT2D eigenvalue weighted by atomic mass is 35.5. The third-order valence-corrected chi connectivity index (χ3v) is 3.82. The number of unbranched alkanes of at least 4 members (excludes halogenated alkanes) is 1. The minimum Gasteiger partial charge on any atom is -0.444 e. The number of nitrogens with zero attached hydrogens (tertiary/aromatic N) is 2. The predicted molar refractivity (Wildman–Crippen MR) is 92.0 cm³/mol. The molecule has 0 atom stereocenters. The maximum absolute atomic E-state index is 12.7. The van der Waals surface area contributed by atoms with E-state index in [1.807, 2.05) is 0 Å². The maximum atomic E-state index is 12.7. The van der Waals surface area contributed by atoms with E-state index in [0.717, 1.165) is 6.92 Å². The van der Waals surface area contributed by atoms with Crippen LogP contribution in [0.2, 0.25) is 5.02 Å². The number of rotatable bonds is 8. The summed E-state index contributed by atoms with van der Waals surface area (Å²) in [6, 6.07) is 7.09. The van der Waals surface area contributed by atoms with Crippen LogP contribution >= 0.6 is 11.6 Å². The molecule has 0 spiro atoms. The molecule has 25 heavy (non-hydrogen) atoms. The van der Waals surface area contributed by atoms with Crippen molar-refractivity contribution in [3.63, 3.8) is 0 Å². The molecule has 136 valence electrons. The summed E-state index contributed by atoms with van der Waals surface area (Å²) in [4.78, 5) is 11.8. The average molecular weight is 372 g/mol. The summed E-state index contributed by atoms with van der Waals surface area (Å²) in [6.45, 7) is 1.48. The van der Waals surface area contributed by atoms with Crippen LogP contribution in [-0.2, 0) is 17.9 Å². The number of ether oxygens (including phenoxy) is 1. The van der Waals surface area contributed by atoms with Gasteiger partial charge < -0.3 is 4.74 Å².